The van der Waals surface area contributed by atoms with E-state index in [0.29, 0.717) is 22.4 Å². The smallest absolute Gasteiger partial charge is 0.343 e. The molecule has 0 saturated heterocycles. The number of benzene rings is 3. The van der Waals surface area contributed by atoms with Gasteiger partial charge >= 0.3 is 5.97 Å². The molecule has 27 heavy (non-hydrogen) atoms. The average Bonchev–Trinajstić information content (AvgIpc) is 2.93. The fraction of sp³-hybridized carbons (Fsp3) is 0.0455. The highest BCUT2D eigenvalue weighted by Crippen LogP contribution is 2.30. The van der Waals surface area contributed by atoms with E-state index in [2.05, 4.69) is 0 Å². The van der Waals surface area contributed by atoms with E-state index in [1.165, 1.54) is 6.07 Å². The molecule has 3 aromatic rings. The summed E-state index contributed by atoms with van der Waals surface area (Å²) in [6.45, 7) is 1.83. The Bertz CT molecular complexity index is 1050. The topological polar surface area (TPSA) is 63.7 Å². The predicted molar refractivity (Wildman–Crippen MR) is 100 cm³/mol. The minimum Gasteiger partial charge on any atom is -0.423 e. The fourth-order valence-corrected chi connectivity index (χ4v) is 3.07. The van der Waals surface area contributed by atoms with Crippen LogP contribution in [0, 0.1) is 6.92 Å². The van der Waals surface area contributed by atoms with Gasteiger partial charge in [-0.1, -0.05) is 36.4 Å². The fourth-order valence-electron chi connectivity index (χ4n) is 3.07. The second-order valence-corrected chi connectivity index (χ2v) is 6.19. The number of aryl methyl sites for hydroxylation is 1. The molecule has 1 heterocycles. The number of carbonyl (C=O) groups is 3. The lowest BCUT2D eigenvalue weighted by Crippen LogP contribution is -2.29. The first kappa shape index (κ1) is 16.7. The van der Waals surface area contributed by atoms with E-state index < -0.39 is 17.8 Å². The maximum atomic E-state index is 12.6. The molecule has 0 aliphatic carbocycles. The summed E-state index contributed by atoms with van der Waals surface area (Å²) >= 11 is 0. The quantitative estimate of drug-likeness (QED) is 0.404. The van der Waals surface area contributed by atoms with Gasteiger partial charge in [-0.15, -0.1) is 0 Å². The van der Waals surface area contributed by atoms with Gasteiger partial charge in [0.05, 0.1) is 22.4 Å². The maximum Gasteiger partial charge on any atom is 0.343 e. The molecule has 0 fully saturated rings. The van der Waals surface area contributed by atoms with Gasteiger partial charge in [0, 0.05) is 6.07 Å². The molecule has 5 nitrogen and oxygen atoms in total. The summed E-state index contributed by atoms with van der Waals surface area (Å²) in [5, 5.41) is 0. The van der Waals surface area contributed by atoms with Gasteiger partial charge in [-0.05, 0) is 42.8 Å². The van der Waals surface area contributed by atoms with Crippen molar-refractivity contribution >= 4 is 23.5 Å². The number of carbonyl (C=O) groups excluding carboxylic acids is 3. The van der Waals surface area contributed by atoms with E-state index in [4.69, 9.17) is 4.74 Å². The summed E-state index contributed by atoms with van der Waals surface area (Å²) in [6.07, 6.45) is 0. The van der Waals surface area contributed by atoms with Gasteiger partial charge in [0.25, 0.3) is 11.8 Å². The molecule has 0 atom stereocenters. The van der Waals surface area contributed by atoms with Crippen molar-refractivity contribution in [1.82, 2.24) is 0 Å². The summed E-state index contributed by atoms with van der Waals surface area (Å²) in [4.78, 5) is 38.7. The predicted octanol–water partition coefficient (Wildman–Crippen LogP) is 4.01. The zero-order valence-electron chi connectivity index (χ0n) is 14.5. The van der Waals surface area contributed by atoms with Crippen LogP contribution in [0.25, 0.3) is 0 Å². The van der Waals surface area contributed by atoms with E-state index in [1.807, 2.05) is 19.1 Å². The number of hydrogen-bond donors (Lipinski definition) is 0. The summed E-state index contributed by atoms with van der Waals surface area (Å²) < 4.78 is 5.44. The number of rotatable bonds is 3. The lowest BCUT2D eigenvalue weighted by molar-refractivity contribution is 0.0734. The van der Waals surface area contributed by atoms with Crippen LogP contribution in [-0.4, -0.2) is 17.8 Å². The minimum absolute atomic E-state index is 0.261. The molecular formula is C22H15NO4. The second kappa shape index (κ2) is 6.53. The lowest BCUT2D eigenvalue weighted by atomic mass is 10.1. The molecule has 5 heteroatoms. The van der Waals surface area contributed by atoms with Crippen molar-refractivity contribution in [2.45, 2.75) is 6.92 Å². The van der Waals surface area contributed by atoms with Crippen LogP contribution in [0.5, 0.6) is 5.75 Å². The Labute approximate surface area is 155 Å². The zero-order valence-corrected chi connectivity index (χ0v) is 14.5. The zero-order chi connectivity index (χ0) is 19.0. The Kier molecular flexibility index (Phi) is 4.05. The summed E-state index contributed by atoms with van der Waals surface area (Å²) in [5.41, 5.74) is 2.36. The van der Waals surface area contributed by atoms with E-state index in [-0.39, 0.29) is 5.75 Å². The Morgan fingerprint density at radius 3 is 2.11 bits per heavy atom. The molecule has 3 aromatic carbocycles. The van der Waals surface area contributed by atoms with Crippen molar-refractivity contribution in [3.63, 3.8) is 0 Å². The van der Waals surface area contributed by atoms with E-state index in [9.17, 15) is 14.4 Å². The number of fused-ring (bicyclic) bond motifs is 1. The van der Waals surface area contributed by atoms with Crippen molar-refractivity contribution in [1.29, 1.82) is 0 Å². The first-order valence-electron chi connectivity index (χ1n) is 8.42. The molecule has 4 rings (SSSR count). The van der Waals surface area contributed by atoms with E-state index >= 15 is 0 Å². The summed E-state index contributed by atoms with van der Waals surface area (Å²) in [7, 11) is 0. The van der Waals surface area contributed by atoms with Crippen molar-refractivity contribution in [2.75, 3.05) is 4.90 Å². The third kappa shape index (κ3) is 2.89. The molecule has 132 valence electrons. The molecule has 0 spiro atoms. The van der Waals surface area contributed by atoms with Gasteiger partial charge in [0.15, 0.2) is 0 Å². The third-order valence-corrected chi connectivity index (χ3v) is 4.45. The highest BCUT2D eigenvalue weighted by Gasteiger charge is 2.36. The Balaban J connectivity index is 1.63. The highest BCUT2D eigenvalue weighted by atomic mass is 16.5. The molecule has 0 saturated carbocycles. The number of ether oxygens (including phenoxy) is 1. The minimum atomic E-state index is -0.493. The van der Waals surface area contributed by atoms with Gasteiger partial charge in [-0.25, -0.2) is 9.69 Å². The van der Waals surface area contributed by atoms with Crippen LogP contribution in [-0.2, 0) is 0 Å². The van der Waals surface area contributed by atoms with Crippen LogP contribution in [0.15, 0.2) is 72.8 Å². The van der Waals surface area contributed by atoms with Crippen molar-refractivity contribution < 1.29 is 19.1 Å². The third-order valence-electron chi connectivity index (χ3n) is 4.45. The van der Waals surface area contributed by atoms with Gasteiger partial charge in [0.1, 0.15) is 5.75 Å². The average molecular weight is 357 g/mol. The first-order chi connectivity index (χ1) is 13.1. The van der Waals surface area contributed by atoms with Crippen LogP contribution in [0.4, 0.5) is 5.69 Å². The van der Waals surface area contributed by atoms with E-state index in [0.717, 1.165) is 10.5 Å². The Morgan fingerprint density at radius 1 is 0.815 bits per heavy atom. The van der Waals surface area contributed by atoms with Crippen LogP contribution in [0.1, 0.15) is 36.6 Å². The van der Waals surface area contributed by atoms with Gasteiger partial charge < -0.3 is 4.74 Å². The lowest BCUT2D eigenvalue weighted by Gasteiger charge is -2.15. The monoisotopic (exact) mass is 357 g/mol. The maximum absolute atomic E-state index is 12.6. The molecule has 0 unspecified atom stereocenters. The van der Waals surface area contributed by atoms with Gasteiger partial charge in [0.2, 0.25) is 0 Å². The van der Waals surface area contributed by atoms with Crippen LogP contribution in [0.3, 0.4) is 0 Å². The number of esters is 1. The Hall–Kier alpha value is -3.73. The van der Waals surface area contributed by atoms with Crippen molar-refractivity contribution in [3.05, 3.63) is 95.1 Å². The van der Waals surface area contributed by atoms with Gasteiger partial charge in [-0.3, -0.25) is 9.59 Å². The van der Waals surface area contributed by atoms with Crippen molar-refractivity contribution in [3.8, 4) is 5.75 Å². The Morgan fingerprint density at radius 2 is 1.44 bits per heavy atom. The van der Waals surface area contributed by atoms with Crippen molar-refractivity contribution in [2.24, 2.45) is 0 Å². The molecule has 0 bridgehead atoms. The second-order valence-electron chi connectivity index (χ2n) is 6.19. The standard InChI is InChI=1S/C22H15NO4/c1-14-7-2-3-10-17(14)22(26)27-16-9-6-8-15(13-16)23-20(24)18-11-4-5-12-19(18)21(23)25/h2-13H,1H3. The molecule has 0 radical (unpaired) electrons. The molecule has 1 aliphatic heterocycles. The number of hydrogen-bond acceptors (Lipinski definition) is 4. The SMILES string of the molecule is Cc1ccccc1C(=O)Oc1cccc(N2C(=O)c3ccccc3C2=O)c1. The van der Waals surface area contributed by atoms with Crippen LogP contribution < -0.4 is 9.64 Å². The molecule has 1 aliphatic rings. The van der Waals surface area contributed by atoms with Crippen LogP contribution >= 0.6 is 0 Å². The number of anilines is 1. The molecule has 0 aromatic heterocycles. The molecule has 2 amide bonds. The first-order valence-corrected chi connectivity index (χ1v) is 8.42. The van der Waals surface area contributed by atoms with Gasteiger partial charge in [-0.2, -0.15) is 0 Å². The largest absolute Gasteiger partial charge is 0.423 e. The number of imide groups is 1. The summed E-state index contributed by atoms with van der Waals surface area (Å²) in [6, 6.07) is 20.2. The normalized spacial score (nSPS) is 12.9. The van der Waals surface area contributed by atoms with Crippen LogP contribution in [0.2, 0.25) is 0 Å². The molecule has 0 N–H and O–H groups in total. The van der Waals surface area contributed by atoms with E-state index in [1.54, 1.807) is 54.6 Å². The summed E-state index contributed by atoms with van der Waals surface area (Å²) in [5.74, 6) is -1.01. The molecular weight excluding hydrogens is 342 g/mol. The highest BCUT2D eigenvalue weighted by molar-refractivity contribution is 6.34. The number of nitrogens with zero attached hydrogens (tertiary/aromatic N) is 1. The number of amides is 2.